The maximum Gasteiger partial charge on any atom is 0.338 e. The second-order valence-electron chi connectivity index (χ2n) is 6.07. The van der Waals surface area contributed by atoms with Crippen LogP contribution in [0.25, 0.3) is 0 Å². The SMILES string of the molecule is CC(C)COc1ccc(C(=O)OCC(=O)NCc2ccccc2)cc1. The van der Waals surface area contributed by atoms with Crippen LogP contribution in [0.4, 0.5) is 0 Å². The molecule has 0 atom stereocenters. The van der Waals surface area contributed by atoms with Gasteiger partial charge in [0, 0.05) is 6.54 Å². The number of carbonyl (C=O) groups excluding carboxylic acids is 2. The monoisotopic (exact) mass is 341 g/mol. The standard InChI is InChI=1S/C20H23NO4/c1-15(2)13-24-18-10-8-17(9-11-18)20(23)25-14-19(22)21-12-16-6-4-3-5-7-16/h3-11,15H,12-14H2,1-2H3,(H,21,22). The first-order chi connectivity index (χ1) is 12.0. The number of esters is 1. The van der Waals surface area contributed by atoms with Crippen LogP contribution in [0, 0.1) is 5.92 Å². The summed E-state index contributed by atoms with van der Waals surface area (Å²) in [4.78, 5) is 23.7. The highest BCUT2D eigenvalue weighted by Crippen LogP contribution is 2.14. The third kappa shape index (κ3) is 6.67. The van der Waals surface area contributed by atoms with Gasteiger partial charge in [0.25, 0.3) is 5.91 Å². The fourth-order valence-corrected chi connectivity index (χ4v) is 2.01. The molecule has 1 amide bonds. The van der Waals surface area contributed by atoms with Crippen molar-refractivity contribution in [2.75, 3.05) is 13.2 Å². The van der Waals surface area contributed by atoms with Gasteiger partial charge in [0.15, 0.2) is 6.61 Å². The molecule has 0 saturated carbocycles. The number of nitrogens with one attached hydrogen (secondary N) is 1. The third-order valence-corrected chi connectivity index (χ3v) is 3.34. The van der Waals surface area contributed by atoms with Crippen molar-refractivity contribution < 1.29 is 19.1 Å². The second kappa shape index (κ2) is 9.47. The summed E-state index contributed by atoms with van der Waals surface area (Å²) in [5.41, 5.74) is 1.37. The van der Waals surface area contributed by atoms with Crippen LogP contribution in [-0.2, 0) is 16.1 Å². The molecule has 0 aliphatic heterocycles. The Kier molecular flexibility index (Phi) is 7.01. The molecule has 5 heteroatoms. The van der Waals surface area contributed by atoms with E-state index in [1.54, 1.807) is 24.3 Å². The Morgan fingerprint density at radius 1 is 1.00 bits per heavy atom. The van der Waals surface area contributed by atoms with Gasteiger partial charge in [0.2, 0.25) is 0 Å². The van der Waals surface area contributed by atoms with E-state index in [4.69, 9.17) is 9.47 Å². The van der Waals surface area contributed by atoms with E-state index in [9.17, 15) is 9.59 Å². The van der Waals surface area contributed by atoms with Gasteiger partial charge in [-0.3, -0.25) is 4.79 Å². The van der Waals surface area contributed by atoms with Gasteiger partial charge in [0.05, 0.1) is 12.2 Å². The first kappa shape index (κ1) is 18.5. The summed E-state index contributed by atoms with van der Waals surface area (Å²) >= 11 is 0. The first-order valence-electron chi connectivity index (χ1n) is 8.25. The van der Waals surface area contributed by atoms with Gasteiger partial charge < -0.3 is 14.8 Å². The molecule has 2 aromatic rings. The largest absolute Gasteiger partial charge is 0.493 e. The highest BCUT2D eigenvalue weighted by molar-refractivity contribution is 5.91. The molecule has 0 saturated heterocycles. The number of hydrogen-bond acceptors (Lipinski definition) is 4. The normalized spacial score (nSPS) is 10.4. The summed E-state index contributed by atoms with van der Waals surface area (Å²) in [5.74, 6) is 0.254. The molecule has 2 rings (SSSR count). The molecule has 0 unspecified atom stereocenters. The summed E-state index contributed by atoms with van der Waals surface area (Å²) in [6, 6.07) is 16.2. The van der Waals surface area contributed by atoms with Crippen LogP contribution in [-0.4, -0.2) is 25.1 Å². The average molecular weight is 341 g/mol. The summed E-state index contributed by atoms with van der Waals surface area (Å²) in [6.07, 6.45) is 0. The van der Waals surface area contributed by atoms with Crippen molar-refractivity contribution in [2.24, 2.45) is 5.92 Å². The Morgan fingerprint density at radius 2 is 1.68 bits per heavy atom. The topological polar surface area (TPSA) is 64.6 Å². The molecule has 0 aliphatic rings. The summed E-state index contributed by atoms with van der Waals surface area (Å²) < 4.78 is 10.6. The van der Waals surface area contributed by atoms with Gasteiger partial charge in [-0.05, 0) is 35.7 Å². The van der Waals surface area contributed by atoms with Crippen LogP contribution in [0.15, 0.2) is 54.6 Å². The lowest BCUT2D eigenvalue weighted by Crippen LogP contribution is -2.28. The predicted molar refractivity (Wildman–Crippen MR) is 95.3 cm³/mol. The van der Waals surface area contributed by atoms with Crippen molar-refractivity contribution >= 4 is 11.9 Å². The van der Waals surface area contributed by atoms with Gasteiger partial charge in [0.1, 0.15) is 5.75 Å². The van der Waals surface area contributed by atoms with Gasteiger partial charge in [-0.25, -0.2) is 4.79 Å². The minimum absolute atomic E-state index is 0.308. The second-order valence-corrected chi connectivity index (χ2v) is 6.07. The number of hydrogen-bond donors (Lipinski definition) is 1. The fourth-order valence-electron chi connectivity index (χ4n) is 2.01. The molecule has 0 aliphatic carbocycles. The van der Waals surface area contributed by atoms with E-state index >= 15 is 0 Å². The zero-order valence-corrected chi connectivity index (χ0v) is 14.5. The number of benzene rings is 2. The van der Waals surface area contributed by atoms with Gasteiger partial charge in [-0.1, -0.05) is 44.2 Å². The van der Waals surface area contributed by atoms with Crippen molar-refractivity contribution in [1.29, 1.82) is 0 Å². The van der Waals surface area contributed by atoms with Crippen molar-refractivity contribution in [3.05, 3.63) is 65.7 Å². The van der Waals surface area contributed by atoms with Crippen molar-refractivity contribution in [3.63, 3.8) is 0 Å². The molecule has 0 fully saturated rings. The first-order valence-corrected chi connectivity index (χ1v) is 8.25. The lowest BCUT2D eigenvalue weighted by molar-refractivity contribution is -0.124. The highest BCUT2D eigenvalue weighted by atomic mass is 16.5. The highest BCUT2D eigenvalue weighted by Gasteiger charge is 2.10. The molecule has 5 nitrogen and oxygen atoms in total. The van der Waals surface area contributed by atoms with Gasteiger partial charge >= 0.3 is 5.97 Å². The summed E-state index contributed by atoms with van der Waals surface area (Å²) in [7, 11) is 0. The van der Waals surface area contributed by atoms with E-state index < -0.39 is 5.97 Å². The number of carbonyl (C=O) groups is 2. The molecule has 0 aromatic heterocycles. The lowest BCUT2D eigenvalue weighted by atomic mass is 10.2. The molecule has 1 N–H and O–H groups in total. The van der Waals surface area contributed by atoms with Crippen molar-refractivity contribution in [2.45, 2.75) is 20.4 Å². The minimum atomic E-state index is -0.537. The zero-order chi connectivity index (χ0) is 18.1. The molecule has 0 heterocycles. The van der Waals surface area contributed by atoms with Crippen LogP contribution in [0.5, 0.6) is 5.75 Å². The van der Waals surface area contributed by atoms with Crippen molar-refractivity contribution in [1.82, 2.24) is 5.32 Å². The molecule has 0 radical (unpaired) electrons. The van der Waals surface area contributed by atoms with E-state index in [-0.39, 0.29) is 12.5 Å². The quantitative estimate of drug-likeness (QED) is 0.749. The molecular weight excluding hydrogens is 318 g/mol. The molecular formula is C20H23NO4. The Labute approximate surface area is 148 Å². The summed E-state index contributed by atoms with van der Waals surface area (Å²) in [5, 5.41) is 2.71. The van der Waals surface area contributed by atoms with Crippen LogP contribution < -0.4 is 10.1 Å². The van der Waals surface area contributed by atoms with E-state index in [1.807, 2.05) is 30.3 Å². The van der Waals surface area contributed by atoms with E-state index in [2.05, 4.69) is 19.2 Å². The average Bonchev–Trinajstić information content (AvgIpc) is 2.64. The lowest BCUT2D eigenvalue weighted by Gasteiger charge is -2.09. The molecule has 0 bridgehead atoms. The van der Waals surface area contributed by atoms with Crippen molar-refractivity contribution in [3.8, 4) is 5.75 Å². The van der Waals surface area contributed by atoms with Crippen LogP contribution in [0.3, 0.4) is 0 Å². The Morgan fingerprint density at radius 3 is 2.32 bits per heavy atom. The number of ether oxygens (including phenoxy) is 2. The zero-order valence-electron chi connectivity index (χ0n) is 14.5. The Hall–Kier alpha value is -2.82. The fraction of sp³-hybridized carbons (Fsp3) is 0.300. The minimum Gasteiger partial charge on any atom is -0.493 e. The van der Waals surface area contributed by atoms with Crippen LogP contribution >= 0.6 is 0 Å². The van der Waals surface area contributed by atoms with Crippen LogP contribution in [0.2, 0.25) is 0 Å². The molecule has 0 spiro atoms. The molecule has 132 valence electrons. The number of rotatable bonds is 8. The summed E-state index contributed by atoms with van der Waals surface area (Å²) in [6.45, 7) is 4.84. The maximum absolute atomic E-state index is 12.0. The maximum atomic E-state index is 12.0. The van der Waals surface area contributed by atoms with E-state index in [0.717, 1.165) is 5.56 Å². The number of amides is 1. The Bertz CT molecular complexity index is 681. The smallest absolute Gasteiger partial charge is 0.338 e. The van der Waals surface area contributed by atoms with E-state index in [1.165, 1.54) is 0 Å². The van der Waals surface area contributed by atoms with Crippen LogP contribution in [0.1, 0.15) is 29.8 Å². The molecule has 2 aromatic carbocycles. The van der Waals surface area contributed by atoms with E-state index in [0.29, 0.717) is 30.4 Å². The third-order valence-electron chi connectivity index (χ3n) is 3.34. The van der Waals surface area contributed by atoms with Gasteiger partial charge in [-0.15, -0.1) is 0 Å². The van der Waals surface area contributed by atoms with Gasteiger partial charge in [-0.2, -0.15) is 0 Å². The Balaban J connectivity index is 1.74. The molecule has 25 heavy (non-hydrogen) atoms. The predicted octanol–water partition coefficient (Wildman–Crippen LogP) is 3.19.